The van der Waals surface area contributed by atoms with Crippen LogP contribution in [0.15, 0.2) is 48.7 Å². The molecule has 0 saturated carbocycles. The van der Waals surface area contributed by atoms with Gasteiger partial charge in [0.1, 0.15) is 5.75 Å². The Morgan fingerprint density at radius 3 is 2.59 bits per heavy atom. The molecular weight excluding hydrogens is 422 g/mol. The molecule has 1 aromatic carbocycles. The average molecular weight is 450 g/mol. The summed E-state index contributed by atoms with van der Waals surface area (Å²) in [4.78, 5) is 18.5. The maximum atomic E-state index is 11.8. The Morgan fingerprint density at radius 1 is 1.22 bits per heavy atom. The number of rotatable bonds is 5. The van der Waals surface area contributed by atoms with Crippen molar-refractivity contribution in [1.29, 1.82) is 0 Å². The number of hydrogen-bond acceptors (Lipinski definition) is 4. The number of carbonyl (C=O) groups is 1. The van der Waals surface area contributed by atoms with Gasteiger partial charge in [-0.05, 0) is 68.0 Å². The van der Waals surface area contributed by atoms with Gasteiger partial charge in [0, 0.05) is 37.2 Å². The number of nitrogens with zero attached hydrogens (tertiary/aromatic N) is 3. The van der Waals surface area contributed by atoms with Crippen molar-refractivity contribution in [2.75, 3.05) is 17.3 Å². The number of hydrogen-bond donors (Lipinski definition) is 2. The highest BCUT2D eigenvalue weighted by atomic mass is 32.1. The van der Waals surface area contributed by atoms with Gasteiger partial charge in [-0.2, -0.15) is 0 Å². The lowest BCUT2D eigenvalue weighted by molar-refractivity contribution is -0.114. The maximum absolute atomic E-state index is 11.8. The number of anilines is 2. The van der Waals surface area contributed by atoms with E-state index in [0.717, 1.165) is 11.4 Å². The normalized spacial score (nSPS) is 17.9. The van der Waals surface area contributed by atoms with Crippen LogP contribution >= 0.6 is 12.2 Å². The van der Waals surface area contributed by atoms with Gasteiger partial charge in [-0.3, -0.25) is 9.78 Å². The molecule has 4 rings (SSSR count). The van der Waals surface area contributed by atoms with E-state index in [9.17, 15) is 4.79 Å². The Kier molecular flexibility index (Phi) is 5.88. The van der Waals surface area contributed by atoms with E-state index < -0.39 is 0 Å². The van der Waals surface area contributed by atoms with Crippen molar-refractivity contribution in [3.8, 4) is 5.75 Å². The Bertz CT molecular complexity index is 1170. The highest BCUT2D eigenvalue weighted by Crippen LogP contribution is 2.44. The molecule has 2 N–H and O–H groups in total. The van der Waals surface area contributed by atoms with Crippen LogP contribution in [0.1, 0.15) is 41.7 Å². The van der Waals surface area contributed by atoms with Crippen molar-refractivity contribution in [1.82, 2.24) is 14.9 Å². The fourth-order valence-corrected chi connectivity index (χ4v) is 4.61. The number of carbonyl (C=O) groups excluding carboxylic acids is 1. The number of aryl methyl sites for hydroxylation is 1. The first-order valence-corrected chi connectivity index (χ1v) is 10.8. The van der Waals surface area contributed by atoms with Crippen LogP contribution in [0.5, 0.6) is 5.75 Å². The molecule has 1 fully saturated rings. The lowest BCUT2D eigenvalue weighted by Gasteiger charge is -2.28. The molecule has 1 aliphatic heterocycles. The maximum Gasteiger partial charge on any atom is 0.221 e. The summed E-state index contributed by atoms with van der Waals surface area (Å²) in [6.45, 7) is 5.69. The second-order valence-corrected chi connectivity index (χ2v) is 8.33. The third-order valence-electron chi connectivity index (χ3n) is 6.00. The number of pyridine rings is 1. The molecule has 1 amide bonds. The minimum absolute atomic E-state index is 0.115. The Labute approximate surface area is 193 Å². The highest BCUT2D eigenvalue weighted by molar-refractivity contribution is 7.80. The number of amides is 1. The first-order valence-electron chi connectivity index (χ1n) is 10.4. The quantitative estimate of drug-likeness (QED) is 0.570. The number of methoxy groups -OCH3 is 1. The van der Waals surface area contributed by atoms with Crippen molar-refractivity contribution in [2.24, 2.45) is 7.05 Å². The van der Waals surface area contributed by atoms with Crippen LogP contribution in [-0.2, 0) is 11.8 Å². The molecule has 1 aliphatic rings. The van der Waals surface area contributed by atoms with Crippen molar-refractivity contribution in [2.45, 2.75) is 32.9 Å². The fourth-order valence-electron chi connectivity index (χ4n) is 4.27. The van der Waals surface area contributed by atoms with E-state index in [4.69, 9.17) is 17.0 Å². The summed E-state index contributed by atoms with van der Waals surface area (Å²) in [5, 5.41) is 6.94. The van der Waals surface area contributed by atoms with Gasteiger partial charge in [0.25, 0.3) is 0 Å². The molecule has 0 aliphatic carbocycles. The van der Waals surface area contributed by atoms with Crippen LogP contribution in [0.2, 0.25) is 0 Å². The van der Waals surface area contributed by atoms with Crippen LogP contribution in [0.25, 0.3) is 0 Å². The molecular formula is C24H27N5O2S. The number of ether oxygens (including phenoxy) is 1. The Morgan fingerprint density at radius 2 is 2.00 bits per heavy atom. The van der Waals surface area contributed by atoms with Gasteiger partial charge in [0.15, 0.2) is 5.11 Å². The molecule has 166 valence electrons. The molecule has 2 atom stereocenters. The Hall–Kier alpha value is -3.39. The van der Waals surface area contributed by atoms with Crippen molar-refractivity contribution in [3.63, 3.8) is 0 Å². The monoisotopic (exact) mass is 449 g/mol. The van der Waals surface area contributed by atoms with Crippen LogP contribution in [0, 0.1) is 13.8 Å². The summed E-state index contributed by atoms with van der Waals surface area (Å²) in [7, 11) is 3.65. The first kappa shape index (κ1) is 21.8. The summed E-state index contributed by atoms with van der Waals surface area (Å²) in [6.07, 6.45) is 1.80. The van der Waals surface area contributed by atoms with Gasteiger partial charge in [0.05, 0.1) is 30.6 Å². The van der Waals surface area contributed by atoms with Gasteiger partial charge in [-0.1, -0.05) is 6.07 Å². The van der Waals surface area contributed by atoms with Gasteiger partial charge < -0.3 is 24.8 Å². The van der Waals surface area contributed by atoms with E-state index in [2.05, 4.69) is 52.0 Å². The van der Waals surface area contributed by atoms with Crippen LogP contribution < -0.4 is 20.3 Å². The van der Waals surface area contributed by atoms with E-state index in [1.807, 2.05) is 36.4 Å². The van der Waals surface area contributed by atoms with Crippen molar-refractivity contribution in [3.05, 3.63) is 71.3 Å². The van der Waals surface area contributed by atoms with Crippen molar-refractivity contribution < 1.29 is 9.53 Å². The molecule has 2 aromatic heterocycles. The predicted molar refractivity (Wildman–Crippen MR) is 130 cm³/mol. The highest BCUT2D eigenvalue weighted by Gasteiger charge is 2.42. The fraction of sp³-hybridized carbons (Fsp3) is 0.292. The van der Waals surface area contributed by atoms with E-state index in [1.54, 1.807) is 13.3 Å². The van der Waals surface area contributed by atoms with Gasteiger partial charge in [-0.15, -0.1) is 0 Å². The molecule has 0 spiro atoms. The van der Waals surface area contributed by atoms with Gasteiger partial charge in [-0.25, -0.2) is 0 Å². The summed E-state index contributed by atoms with van der Waals surface area (Å²) < 4.78 is 7.62. The minimum atomic E-state index is -0.167. The summed E-state index contributed by atoms with van der Waals surface area (Å²) in [5.74, 6) is 0.423. The van der Waals surface area contributed by atoms with Crippen LogP contribution in [0.4, 0.5) is 11.4 Å². The second kappa shape index (κ2) is 8.63. The Balaban J connectivity index is 1.87. The van der Waals surface area contributed by atoms with Gasteiger partial charge >= 0.3 is 0 Å². The molecule has 0 bridgehead atoms. The molecule has 2 unspecified atom stereocenters. The molecule has 32 heavy (non-hydrogen) atoms. The molecule has 7 nitrogen and oxygen atoms in total. The van der Waals surface area contributed by atoms with E-state index in [1.165, 1.54) is 23.9 Å². The van der Waals surface area contributed by atoms with Crippen molar-refractivity contribution >= 4 is 34.6 Å². The number of benzene rings is 1. The smallest absolute Gasteiger partial charge is 0.221 e. The second-order valence-electron chi connectivity index (χ2n) is 7.95. The standard InChI is InChI=1S/C24H27N5O2S/c1-14-12-18(15(2)28(14)4)23-22(19-8-6-7-11-25-19)27-24(32)29(23)17-9-10-21(31-5)20(13-17)26-16(3)30/h6-13,22-23H,1-5H3,(H,26,30)(H,27,32). The van der Waals surface area contributed by atoms with Crippen LogP contribution in [-0.4, -0.2) is 27.7 Å². The topological polar surface area (TPSA) is 71.4 Å². The zero-order chi connectivity index (χ0) is 23.0. The summed E-state index contributed by atoms with van der Waals surface area (Å²) >= 11 is 5.81. The van der Waals surface area contributed by atoms with Gasteiger partial charge in [0.2, 0.25) is 5.91 Å². The van der Waals surface area contributed by atoms with E-state index in [0.29, 0.717) is 16.5 Å². The lowest BCUT2D eigenvalue weighted by Crippen LogP contribution is -2.29. The molecule has 1 saturated heterocycles. The first-order chi connectivity index (χ1) is 15.3. The molecule has 3 aromatic rings. The zero-order valence-electron chi connectivity index (χ0n) is 18.8. The number of nitrogens with one attached hydrogen (secondary N) is 2. The SMILES string of the molecule is COc1ccc(N2C(=S)NC(c3ccccn3)C2c2cc(C)n(C)c2C)cc1NC(C)=O. The largest absolute Gasteiger partial charge is 0.495 e. The molecule has 8 heteroatoms. The molecule has 0 radical (unpaired) electrons. The lowest BCUT2D eigenvalue weighted by atomic mass is 9.96. The third-order valence-corrected chi connectivity index (χ3v) is 6.32. The minimum Gasteiger partial charge on any atom is -0.495 e. The zero-order valence-corrected chi connectivity index (χ0v) is 19.7. The van der Waals surface area contributed by atoms with Crippen LogP contribution in [0.3, 0.4) is 0 Å². The third kappa shape index (κ3) is 3.82. The van der Waals surface area contributed by atoms with E-state index >= 15 is 0 Å². The number of thiocarbonyl (C=S) groups is 1. The summed E-state index contributed by atoms with van der Waals surface area (Å²) in [6, 6.07) is 13.6. The predicted octanol–water partition coefficient (Wildman–Crippen LogP) is 4.18. The number of aromatic nitrogens is 2. The molecule has 3 heterocycles. The summed E-state index contributed by atoms with van der Waals surface area (Å²) in [5.41, 5.74) is 5.88. The average Bonchev–Trinajstić information content (AvgIpc) is 3.25. The van der Waals surface area contributed by atoms with E-state index in [-0.39, 0.29) is 18.0 Å².